The zero-order valence-electron chi connectivity index (χ0n) is 11.6. The predicted molar refractivity (Wildman–Crippen MR) is 76.5 cm³/mol. The monoisotopic (exact) mass is 283 g/mol. The van der Waals surface area contributed by atoms with E-state index in [1.807, 2.05) is 6.07 Å². The Hall–Kier alpha value is -3.07. The van der Waals surface area contributed by atoms with Gasteiger partial charge in [0.15, 0.2) is 0 Å². The molecule has 0 spiro atoms. The van der Waals surface area contributed by atoms with Gasteiger partial charge in [0.25, 0.3) is 5.91 Å². The van der Waals surface area contributed by atoms with Crippen LogP contribution in [0.5, 0.6) is 11.5 Å². The first-order chi connectivity index (χ1) is 10.2. The standard InChI is InChI=1S/C15H13N3O3/c1-20-12-5-11(6-13(7-12)21-2)18-15(19)14-4-3-10(8-16)9-17-14/h3-7,9H,1-2H3,(H,18,19). The summed E-state index contributed by atoms with van der Waals surface area (Å²) in [6, 6.07) is 10.0. The molecule has 0 radical (unpaired) electrons. The summed E-state index contributed by atoms with van der Waals surface area (Å²) in [5.74, 6) is 0.754. The first-order valence-electron chi connectivity index (χ1n) is 6.07. The first kappa shape index (κ1) is 14.3. The Bertz CT molecular complexity index is 668. The summed E-state index contributed by atoms with van der Waals surface area (Å²) in [7, 11) is 3.06. The Kier molecular flexibility index (Phi) is 4.36. The molecule has 2 aromatic rings. The van der Waals surface area contributed by atoms with Gasteiger partial charge in [0.05, 0.1) is 19.8 Å². The maximum atomic E-state index is 12.1. The normalized spacial score (nSPS) is 9.57. The van der Waals surface area contributed by atoms with E-state index in [-0.39, 0.29) is 11.6 Å². The minimum absolute atomic E-state index is 0.218. The van der Waals surface area contributed by atoms with Gasteiger partial charge in [-0.3, -0.25) is 4.79 Å². The second kappa shape index (κ2) is 6.39. The number of nitrogens with one attached hydrogen (secondary N) is 1. The van der Waals surface area contributed by atoms with Crippen LogP contribution in [0.25, 0.3) is 0 Å². The van der Waals surface area contributed by atoms with Gasteiger partial charge in [0.2, 0.25) is 0 Å². The Morgan fingerprint density at radius 2 is 1.86 bits per heavy atom. The van der Waals surface area contributed by atoms with Crippen molar-refractivity contribution in [2.24, 2.45) is 0 Å². The molecule has 0 aliphatic carbocycles. The topological polar surface area (TPSA) is 84.2 Å². The summed E-state index contributed by atoms with van der Waals surface area (Å²) in [4.78, 5) is 16.0. The summed E-state index contributed by atoms with van der Waals surface area (Å²) < 4.78 is 10.3. The van der Waals surface area contributed by atoms with Crippen molar-refractivity contribution in [2.45, 2.75) is 0 Å². The average Bonchev–Trinajstić information content (AvgIpc) is 2.54. The van der Waals surface area contributed by atoms with Crippen molar-refractivity contribution in [3.8, 4) is 17.6 Å². The van der Waals surface area contributed by atoms with Crippen LogP contribution in [-0.2, 0) is 0 Å². The number of hydrogen-bond donors (Lipinski definition) is 1. The molecule has 2 rings (SSSR count). The highest BCUT2D eigenvalue weighted by Crippen LogP contribution is 2.25. The lowest BCUT2D eigenvalue weighted by molar-refractivity contribution is 0.102. The van der Waals surface area contributed by atoms with Crippen LogP contribution in [-0.4, -0.2) is 25.1 Å². The van der Waals surface area contributed by atoms with Crippen LogP contribution in [0.2, 0.25) is 0 Å². The smallest absolute Gasteiger partial charge is 0.274 e. The lowest BCUT2D eigenvalue weighted by atomic mass is 10.2. The van der Waals surface area contributed by atoms with Crippen LogP contribution in [0, 0.1) is 11.3 Å². The molecule has 0 bridgehead atoms. The van der Waals surface area contributed by atoms with Gasteiger partial charge in [-0.25, -0.2) is 4.98 Å². The predicted octanol–water partition coefficient (Wildman–Crippen LogP) is 2.22. The van der Waals surface area contributed by atoms with E-state index < -0.39 is 0 Å². The molecule has 6 nitrogen and oxygen atoms in total. The zero-order valence-corrected chi connectivity index (χ0v) is 11.6. The average molecular weight is 283 g/mol. The minimum atomic E-state index is -0.380. The van der Waals surface area contributed by atoms with Crippen molar-refractivity contribution in [2.75, 3.05) is 19.5 Å². The van der Waals surface area contributed by atoms with Gasteiger partial charge in [-0.15, -0.1) is 0 Å². The van der Waals surface area contributed by atoms with Crippen LogP contribution in [0.3, 0.4) is 0 Å². The van der Waals surface area contributed by atoms with Gasteiger partial charge in [-0.2, -0.15) is 5.26 Å². The van der Waals surface area contributed by atoms with Crippen LogP contribution >= 0.6 is 0 Å². The molecule has 0 aliphatic rings. The third kappa shape index (κ3) is 3.48. The molecular weight excluding hydrogens is 270 g/mol. The molecule has 0 unspecified atom stereocenters. The van der Waals surface area contributed by atoms with Crippen molar-refractivity contribution >= 4 is 11.6 Å². The summed E-state index contributed by atoms with van der Waals surface area (Å²) in [5.41, 5.74) is 1.15. The summed E-state index contributed by atoms with van der Waals surface area (Å²) in [6.45, 7) is 0. The van der Waals surface area contributed by atoms with Crippen LogP contribution < -0.4 is 14.8 Å². The molecule has 21 heavy (non-hydrogen) atoms. The molecular formula is C15H13N3O3. The van der Waals surface area contributed by atoms with E-state index in [1.54, 1.807) is 18.2 Å². The molecule has 0 aliphatic heterocycles. The van der Waals surface area contributed by atoms with Crippen molar-refractivity contribution in [3.05, 3.63) is 47.8 Å². The molecule has 1 amide bonds. The van der Waals surface area contributed by atoms with Crippen molar-refractivity contribution in [1.82, 2.24) is 4.98 Å². The Labute approximate surface area is 121 Å². The molecule has 106 valence electrons. The molecule has 6 heteroatoms. The highest BCUT2D eigenvalue weighted by atomic mass is 16.5. The maximum absolute atomic E-state index is 12.1. The third-order valence-electron chi connectivity index (χ3n) is 2.73. The number of hydrogen-bond acceptors (Lipinski definition) is 5. The van der Waals surface area contributed by atoms with Gasteiger partial charge >= 0.3 is 0 Å². The number of pyridine rings is 1. The van der Waals surface area contributed by atoms with E-state index in [2.05, 4.69) is 10.3 Å². The van der Waals surface area contributed by atoms with Gasteiger partial charge in [0.1, 0.15) is 23.3 Å². The fourth-order valence-electron chi connectivity index (χ4n) is 1.67. The Morgan fingerprint density at radius 3 is 2.33 bits per heavy atom. The first-order valence-corrected chi connectivity index (χ1v) is 6.07. The van der Waals surface area contributed by atoms with E-state index in [0.29, 0.717) is 22.7 Å². The molecule has 1 aromatic carbocycles. The van der Waals surface area contributed by atoms with Gasteiger partial charge in [0, 0.05) is 30.1 Å². The lowest BCUT2D eigenvalue weighted by Crippen LogP contribution is -2.13. The number of benzene rings is 1. The number of anilines is 1. The number of carbonyl (C=O) groups excluding carboxylic acids is 1. The highest BCUT2D eigenvalue weighted by Gasteiger charge is 2.09. The Morgan fingerprint density at radius 1 is 1.19 bits per heavy atom. The van der Waals surface area contributed by atoms with Gasteiger partial charge < -0.3 is 14.8 Å². The number of nitriles is 1. The van der Waals surface area contributed by atoms with E-state index in [9.17, 15) is 4.79 Å². The number of carbonyl (C=O) groups is 1. The number of methoxy groups -OCH3 is 2. The second-order valence-electron chi connectivity index (χ2n) is 4.10. The third-order valence-corrected chi connectivity index (χ3v) is 2.73. The fourth-order valence-corrected chi connectivity index (χ4v) is 1.67. The number of rotatable bonds is 4. The molecule has 0 atom stereocenters. The van der Waals surface area contributed by atoms with E-state index >= 15 is 0 Å². The summed E-state index contributed by atoms with van der Waals surface area (Å²) >= 11 is 0. The van der Waals surface area contributed by atoms with E-state index in [4.69, 9.17) is 14.7 Å². The number of amides is 1. The maximum Gasteiger partial charge on any atom is 0.274 e. The number of ether oxygens (including phenoxy) is 2. The summed E-state index contributed by atoms with van der Waals surface area (Å²) in [5, 5.41) is 11.4. The Balaban J connectivity index is 2.20. The lowest BCUT2D eigenvalue weighted by Gasteiger charge is -2.09. The van der Waals surface area contributed by atoms with Crippen molar-refractivity contribution in [3.63, 3.8) is 0 Å². The molecule has 1 aromatic heterocycles. The van der Waals surface area contributed by atoms with Crippen molar-refractivity contribution < 1.29 is 14.3 Å². The highest BCUT2D eigenvalue weighted by molar-refractivity contribution is 6.03. The molecule has 1 N–H and O–H groups in total. The second-order valence-corrected chi connectivity index (χ2v) is 4.10. The summed E-state index contributed by atoms with van der Waals surface area (Å²) in [6.07, 6.45) is 1.35. The van der Waals surface area contributed by atoms with Gasteiger partial charge in [-0.05, 0) is 12.1 Å². The molecule has 0 saturated carbocycles. The fraction of sp³-hybridized carbons (Fsp3) is 0.133. The molecule has 0 fully saturated rings. The van der Waals surface area contributed by atoms with Crippen molar-refractivity contribution in [1.29, 1.82) is 5.26 Å². The van der Waals surface area contributed by atoms with Crippen LogP contribution in [0.1, 0.15) is 16.1 Å². The molecule has 1 heterocycles. The number of aromatic nitrogens is 1. The van der Waals surface area contributed by atoms with E-state index in [0.717, 1.165) is 0 Å². The van der Waals surface area contributed by atoms with Gasteiger partial charge in [-0.1, -0.05) is 0 Å². The van der Waals surface area contributed by atoms with Crippen LogP contribution in [0.15, 0.2) is 36.5 Å². The zero-order chi connectivity index (χ0) is 15.2. The minimum Gasteiger partial charge on any atom is -0.497 e. The molecule has 0 saturated heterocycles. The van der Waals surface area contributed by atoms with Crippen LogP contribution in [0.4, 0.5) is 5.69 Å². The largest absolute Gasteiger partial charge is 0.497 e. The quantitative estimate of drug-likeness (QED) is 0.930. The SMILES string of the molecule is COc1cc(NC(=O)c2ccc(C#N)cn2)cc(OC)c1. The van der Waals surface area contributed by atoms with E-state index in [1.165, 1.54) is 32.5 Å². The number of nitrogens with zero attached hydrogens (tertiary/aromatic N) is 2.